The van der Waals surface area contributed by atoms with Crippen LogP contribution in [0.2, 0.25) is 5.02 Å². The van der Waals surface area contributed by atoms with Crippen LogP contribution in [0.25, 0.3) is 5.69 Å². The molecule has 3 nitrogen and oxygen atoms in total. The summed E-state index contributed by atoms with van der Waals surface area (Å²) in [6, 6.07) is 8.16. The zero-order chi connectivity index (χ0) is 14.8. The lowest BCUT2D eigenvalue weighted by Crippen LogP contribution is -2.20. The standard InChI is InChI=1S/C17H22ClN3/c1-12(2)10-19-11-14-5-6-15(18)9-17(14)21-8-7-16(20-21)13-3-4-13/h5-9,12-13,19H,3-4,10-11H2,1-2H3. The molecule has 1 N–H and O–H groups in total. The molecule has 0 spiro atoms. The van der Waals surface area contributed by atoms with E-state index in [0.717, 1.165) is 23.8 Å². The Balaban J connectivity index is 1.82. The normalized spacial score (nSPS) is 14.9. The van der Waals surface area contributed by atoms with Gasteiger partial charge in [0.2, 0.25) is 0 Å². The summed E-state index contributed by atoms with van der Waals surface area (Å²) >= 11 is 6.17. The number of nitrogens with one attached hydrogen (secondary N) is 1. The predicted octanol–water partition coefficient (Wildman–Crippen LogP) is 4.15. The first-order valence-corrected chi connectivity index (χ1v) is 8.06. The predicted molar refractivity (Wildman–Crippen MR) is 87.1 cm³/mol. The van der Waals surface area contributed by atoms with Crippen LogP contribution in [0.5, 0.6) is 0 Å². The van der Waals surface area contributed by atoms with Gasteiger partial charge in [-0.15, -0.1) is 0 Å². The van der Waals surface area contributed by atoms with Crippen molar-refractivity contribution in [2.45, 2.75) is 39.2 Å². The highest BCUT2D eigenvalue weighted by molar-refractivity contribution is 6.30. The Labute approximate surface area is 131 Å². The molecule has 0 aliphatic heterocycles. The van der Waals surface area contributed by atoms with Gasteiger partial charge < -0.3 is 5.32 Å². The first-order valence-electron chi connectivity index (χ1n) is 7.68. The second kappa shape index (κ2) is 6.20. The summed E-state index contributed by atoms with van der Waals surface area (Å²) in [6.45, 7) is 6.27. The van der Waals surface area contributed by atoms with E-state index in [1.165, 1.54) is 24.1 Å². The Morgan fingerprint density at radius 1 is 1.33 bits per heavy atom. The Morgan fingerprint density at radius 2 is 2.14 bits per heavy atom. The molecule has 0 amide bonds. The van der Waals surface area contributed by atoms with Crippen LogP contribution in [0.3, 0.4) is 0 Å². The summed E-state index contributed by atoms with van der Waals surface area (Å²) in [5, 5.41) is 8.96. The minimum Gasteiger partial charge on any atom is -0.312 e. The van der Waals surface area contributed by atoms with E-state index in [1.807, 2.05) is 23.0 Å². The number of nitrogens with zero attached hydrogens (tertiary/aromatic N) is 2. The van der Waals surface area contributed by atoms with E-state index in [9.17, 15) is 0 Å². The Hall–Kier alpha value is -1.32. The van der Waals surface area contributed by atoms with Gasteiger partial charge in [-0.2, -0.15) is 5.10 Å². The lowest BCUT2D eigenvalue weighted by Gasteiger charge is -2.12. The first-order chi connectivity index (χ1) is 10.1. The zero-order valence-electron chi connectivity index (χ0n) is 12.6. The average Bonchev–Trinajstić information content (AvgIpc) is 3.18. The second-order valence-electron chi connectivity index (χ2n) is 6.26. The molecule has 1 heterocycles. The Kier molecular flexibility index (Phi) is 4.32. The van der Waals surface area contributed by atoms with Crippen molar-refractivity contribution in [3.63, 3.8) is 0 Å². The van der Waals surface area contributed by atoms with Crippen LogP contribution in [-0.4, -0.2) is 16.3 Å². The first kappa shape index (κ1) is 14.6. The number of benzene rings is 1. The molecule has 1 fully saturated rings. The molecule has 1 saturated carbocycles. The van der Waals surface area contributed by atoms with Gasteiger partial charge in [-0.25, -0.2) is 4.68 Å². The third-order valence-corrected chi connectivity index (χ3v) is 4.00. The highest BCUT2D eigenvalue weighted by atomic mass is 35.5. The van der Waals surface area contributed by atoms with Crippen molar-refractivity contribution in [3.8, 4) is 5.69 Å². The fraction of sp³-hybridized carbons (Fsp3) is 0.471. The quantitative estimate of drug-likeness (QED) is 0.869. The van der Waals surface area contributed by atoms with Crippen LogP contribution in [0.15, 0.2) is 30.5 Å². The van der Waals surface area contributed by atoms with Crippen molar-refractivity contribution < 1.29 is 0 Å². The monoisotopic (exact) mass is 303 g/mol. The van der Waals surface area contributed by atoms with Gasteiger partial charge in [0.05, 0.1) is 11.4 Å². The van der Waals surface area contributed by atoms with E-state index in [0.29, 0.717) is 11.8 Å². The summed E-state index contributed by atoms with van der Waals surface area (Å²) in [5.74, 6) is 1.32. The van der Waals surface area contributed by atoms with Crippen LogP contribution in [0.1, 0.15) is 43.9 Å². The molecule has 0 bridgehead atoms. The van der Waals surface area contributed by atoms with E-state index in [4.69, 9.17) is 16.7 Å². The molecule has 1 aromatic heterocycles. The molecule has 1 aliphatic rings. The fourth-order valence-corrected chi connectivity index (χ4v) is 2.63. The number of hydrogen-bond acceptors (Lipinski definition) is 2. The van der Waals surface area contributed by atoms with E-state index >= 15 is 0 Å². The Morgan fingerprint density at radius 3 is 2.86 bits per heavy atom. The van der Waals surface area contributed by atoms with Gasteiger partial charge in [-0.3, -0.25) is 0 Å². The number of rotatable bonds is 6. The molecule has 0 atom stereocenters. The molecule has 0 saturated heterocycles. The summed E-state index contributed by atoms with van der Waals surface area (Å²) < 4.78 is 1.96. The zero-order valence-corrected chi connectivity index (χ0v) is 13.4. The largest absolute Gasteiger partial charge is 0.312 e. The molecular weight excluding hydrogens is 282 g/mol. The van der Waals surface area contributed by atoms with Gasteiger partial charge in [0.25, 0.3) is 0 Å². The van der Waals surface area contributed by atoms with Gasteiger partial charge >= 0.3 is 0 Å². The smallest absolute Gasteiger partial charge is 0.0705 e. The maximum Gasteiger partial charge on any atom is 0.0705 e. The van der Waals surface area contributed by atoms with E-state index in [-0.39, 0.29) is 0 Å². The van der Waals surface area contributed by atoms with E-state index in [1.54, 1.807) is 0 Å². The van der Waals surface area contributed by atoms with Gasteiger partial charge in [0.1, 0.15) is 0 Å². The molecule has 3 rings (SSSR count). The van der Waals surface area contributed by atoms with E-state index < -0.39 is 0 Å². The van der Waals surface area contributed by atoms with Crippen molar-refractivity contribution in [2.24, 2.45) is 5.92 Å². The summed E-state index contributed by atoms with van der Waals surface area (Å²) in [4.78, 5) is 0. The van der Waals surface area contributed by atoms with Crippen LogP contribution < -0.4 is 5.32 Å². The molecular formula is C17H22ClN3. The molecule has 1 aliphatic carbocycles. The van der Waals surface area contributed by atoms with E-state index in [2.05, 4.69) is 31.3 Å². The van der Waals surface area contributed by atoms with Crippen molar-refractivity contribution in [1.82, 2.24) is 15.1 Å². The van der Waals surface area contributed by atoms with Crippen molar-refractivity contribution in [1.29, 1.82) is 0 Å². The van der Waals surface area contributed by atoms with Crippen LogP contribution in [0, 0.1) is 5.92 Å². The maximum atomic E-state index is 6.17. The fourth-order valence-electron chi connectivity index (χ4n) is 2.46. The highest BCUT2D eigenvalue weighted by Crippen LogP contribution is 2.39. The molecule has 0 radical (unpaired) electrons. The minimum absolute atomic E-state index is 0.645. The lowest BCUT2D eigenvalue weighted by atomic mass is 10.1. The highest BCUT2D eigenvalue weighted by Gasteiger charge is 2.26. The SMILES string of the molecule is CC(C)CNCc1ccc(Cl)cc1-n1ccc(C2CC2)n1. The average molecular weight is 304 g/mol. The topological polar surface area (TPSA) is 29.9 Å². The molecule has 112 valence electrons. The summed E-state index contributed by atoms with van der Waals surface area (Å²) in [6.07, 6.45) is 4.59. The van der Waals surface area contributed by atoms with Gasteiger partial charge in [0.15, 0.2) is 0 Å². The molecule has 2 aromatic rings. The minimum atomic E-state index is 0.645. The van der Waals surface area contributed by atoms with Crippen molar-refractivity contribution >= 4 is 11.6 Å². The third kappa shape index (κ3) is 3.66. The van der Waals surface area contributed by atoms with Crippen LogP contribution in [-0.2, 0) is 6.54 Å². The van der Waals surface area contributed by atoms with Crippen molar-refractivity contribution in [3.05, 3.63) is 46.7 Å². The third-order valence-electron chi connectivity index (χ3n) is 3.77. The summed E-state index contributed by atoms with van der Waals surface area (Å²) in [5.41, 5.74) is 3.51. The lowest BCUT2D eigenvalue weighted by molar-refractivity contribution is 0.551. The molecule has 0 unspecified atom stereocenters. The van der Waals surface area contributed by atoms with Gasteiger partial charge in [0, 0.05) is 23.7 Å². The van der Waals surface area contributed by atoms with Crippen LogP contribution in [0.4, 0.5) is 0 Å². The number of hydrogen-bond donors (Lipinski definition) is 1. The van der Waals surface area contributed by atoms with Gasteiger partial charge in [-0.1, -0.05) is 31.5 Å². The summed E-state index contributed by atoms with van der Waals surface area (Å²) in [7, 11) is 0. The Bertz CT molecular complexity index is 614. The number of halogens is 1. The maximum absolute atomic E-state index is 6.17. The number of aromatic nitrogens is 2. The van der Waals surface area contributed by atoms with Gasteiger partial charge in [-0.05, 0) is 49.1 Å². The molecule has 1 aromatic carbocycles. The molecule has 4 heteroatoms. The van der Waals surface area contributed by atoms with Crippen molar-refractivity contribution in [2.75, 3.05) is 6.54 Å². The molecule has 21 heavy (non-hydrogen) atoms. The van der Waals surface area contributed by atoms with Crippen LogP contribution >= 0.6 is 11.6 Å². The second-order valence-corrected chi connectivity index (χ2v) is 6.69.